The fraction of sp³-hybridized carbons (Fsp3) is 0. The van der Waals surface area contributed by atoms with Gasteiger partial charge in [0.15, 0.2) is 0 Å². The zero-order chi connectivity index (χ0) is 8.39. The number of para-hydroxylation sites is 1. The molecule has 13 heavy (non-hydrogen) atoms. The van der Waals surface area contributed by atoms with Gasteiger partial charge in [-0.05, 0) is 17.7 Å². The Labute approximate surface area is 82.2 Å². The molecular weight excluding hydrogens is 188 g/mol. The van der Waals surface area contributed by atoms with E-state index < -0.39 is 0 Å². The number of halogens is 1. The minimum atomic E-state index is -0.198. The molecule has 0 spiro atoms. The molecule has 0 fully saturated rings. The summed E-state index contributed by atoms with van der Waals surface area (Å²) >= 11 is 0. The van der Waals surface area contributed by atoms with E-state index in [0.717, 1.165) is 11.3 Å². The van der Waals surface area contributed by atoms with E-state index in [-0.39, 0.29) is 18.4 Å². The monoisotopic (exact) mass is 196 g/mol. The second-order valence-electron chi connectivity index (χ2n) is 2.52. The number of amides is 2. The van der Waals surface area contributed by atoms with Crippen molar-refractivity contribution in [3.8, 4) is 0 Å². The summed E-state index contributed by atoms with van der Waals surface area (Å²) in [5.74, 6) is 0. The van der Waals surface area contributed by atoms with Crippen LogP contribution in [0.25, 0.3) is 6.08 Å². The van der Waals surface area contributed by atoms with Gasteiger partial charge in [-0.2, -0.15) is 0 Å². The van der Waals surface area contributed by atoms with Crippen LogP contribution >= 0.6 is 12.4 Å². The third-order valence-corrected chi connectivity index (χ3v) is 1.69. The number of fused-ring (bicyclic) bond motifs is 1. The van der Waals surface area contributed by atoms with Crippen LogP contribution < -0.4 is 10.6 Å². The number of benzene rings is 1. The Balaban J connectivity index is 0.000000845. The van der Waals surface area contributed by atoms with Crippen LogP contribution in [0.4, 0.5) is 10.5 Å². The summed E-state index contributed by atoms with van der Waals surface area (Å²) in [4.78, 5) is 11.0. The molecule has 1 aromatic rings. The predicted molar refractivity (Wildman–Crippen MR) is 54.9 cm³/mol. The molecule has 0 radical (unpaired) electrons. The smallest absolute Gasteiger partial charge is 0.314 e. The maximum absolute atomic E-state index is 11.0. The second-order valence-corrected chi connectivity index (χ2v) is 2.52. The van der Waals surface area contributed by atoms with Gasteiger partial charge in [-0.1, -0.05) is 18.2 Å². The third kappa shape index (κ3) is 2.00. The van der Waals surface area contributed by atoms with Crippen molar-refractivity contribution in [1.29, 1.82) is 0 Å². The van der Waals surface area contributed by atoms with Gasteiger partial charge in [0, 0.05) is 11.9 Å². The third-order valence-electron chi connectivity index (χ3n) is 1.69. The molecule has 68 valence electrons. The first-order valence-corrected chi connectivity index (χ1v) is 3.69. The topological polar surface area (TPSA) is 41.1 Å². The van der Waals surface area contributed by atoms with Crippen LogP contribution in [0.15, 0.2) is 30.5 Å². The summed E-state index contributed by atoms with van der Waals surface area (Å²) in [7, 11) is 0. The van der Waals surface area contributed by atoms with E-state index in [9.17, 15) is 4.79 Å². The Hall–Kier alpha value is -1.48. The molecule has 2 N–H and O–H groups in total. The predicted octanol–water partition coefficient (Wildman–Crippen LogP) is 2.21. The Kier molecular flexibility index (Phi) is 2.93. The van der Waals surface area contributed by atoms with Gasteiger partial charge in [-0.15, -0.1) is 12.4 Å². The molecule has 0 saturated carbocycles. The van der Waals surface area contributed by atoms with Gasteiger partial charge < -0.3 is 10.6 Å². The Morgan fingerprint density at radius 1 is 1.15 bits per heavy atom. The molecule has 3 nitrogen and oxygen atoms in total. The lowest BCUT2D eigenvalue weighted by Gasteiger charge is -2.03. The summed E-state index contributed by atoms with van der Waals surface area (Å²) in [6.07, 6.45) is 3.48. The van der Waals surface area contributed by atoms with Gasteiger partial charge in [0.05, 0.1) is 0 Å². The maximum Gasteiger partial charge on any atom is 0.323 e. The van der Waals surface area contributed by atoms with Gasteiger partial charge in [0.1, 0.15) is 0 Å². The maximum atomic E-state index is 11.0. The van der Waals surface area contributed by atoms with E-state index >= 15 is 0 Å². The van der Waals surface area contributed by atoms with Crippen LogP contribution in [-0.2, 0) is 0 Å². The van der Waals surface area contributed by atoms with Crippen molar-refractivity contribution < 1.29 is 4.79 Å². The first kappa shape index (κ1) is 9.61. The highest BCUT2D eigenvalue weighted by Crippen LogP contribution is 2.17. The lowest BCUT2D eigenvalue weighted by molar-refractivity contribution is 0.255. The first-order valence-electron chi connectivity index (χ1n) is 3.69. The highest BCUT2D eigenvalue weighted by atomic mass is 35.5. The van der Waals surface area contributed by atoms with Gasteiger partial charge in [0.2, 0.25) is 0 Å². The quantitative estimate of drug-likeness (QED) is 0.657. The van der Waals surface area contributed by atoms with E-state index in [1.807, 2.05) is 30.3 Å². The lowest BCUT2D eigenvalue weighted by Crippen LogP contribution is -2.22. The lowest BCUT2D eigenvalue weighted by atomic mass is 10.2. The fourth-order valence-corrected chi connectivity index (χ4v) is 1.12. The largest absolute Gasteiger partial charge is 0.323 e. The minimum absolute atomic E-state index is 0. The van der Waals surface area contributed by atoms with Crippen molar-refractivity contribution in [2.24, 2.45) is 0 Å². The van der Waals surface area contributed by atoms with Crippen molar-refractivity contribution in [2.45, 2.75) is 0 Å². The minimum Gasteiger partial charge on any atom is -0.314 e. The van der Waals surface area contributed by atoms with E-state index in [1.54, 1.807) is 6.20 Å². The number of rotatable bonds is 0. The summed E-state index contributed by atoms with van der Waals surface area (Å²) in [5.41, 5.74) is 1.85. The molecule has 0 aromatic heterocycles. The average Bonchev–Trinajstić information content (AvgIpc) is 2.25. The average molecular weight is 197 g/mol. The molecule has 2 rings (SSSR count). The molecule has 1 heterocycles. The molecule has 0 saturated heterocycles. The second kappa shape index (κ2) is 3.96. The van der Waals surface area contributed by atoms with Crippen molar-refractivity contribution in [2.75, 3.05) is 5.32 Å². The number of carbonyl (C=O) groups is 1. The van der Waals surface area contributed by atoms with Crippen molar-refractivity contribution >= 4 is 30.2 Å². The van der Waals surface area contributed by atoms with Crippen LogP contribution in [0.5, 0.6) is 0 Å². The normalized spacial score (nSPS) is 13.1. The Morgan fingerprint density at radius 2 is 1.92 bits per heavy atom. The molecule has 1 aliphatic rings. The van der Waals surface area contributed by atoms with Crippen LogP contribution in [0.1, 0.15) is 5.56 Å². The number of hydrogen-bond donors (Lipinski definition) is 2. The van der Waals surface area contributed by atoms with Crippen LogP contribution in [0.2, 0.25) is 0 Å². The zero-order valence-electron chi connectivity index (χ0n) is 6.78. The molecule has 0 unspecified atom stereocenters. The molecular formula is C9H9ClN2O. The van der Waals surface area contributed by atoms with Gasteiger partial charge in [-0.25, -0.2) is 4.79 Å². The van der Waals surface area contributed by atoms with Crippen LogP contribution in [-0.4, -0.2) is 6.03 Å². The van der Waals surface area contributed by atoms with Crippen molar-refractivity contribution in [1.82, 2.24) is 5.32 Å². The summed E-state index contributed by atoms with van der Waals surface area (Å²) < 4.78 is 0. The molecule has 1 aromatic carbocycles. The van der Waals surface area contributed by atoms with E-state index in [4.69, 9.17) is 0 Å². The Bertz CT molecular complexity index is 349. The van der Waals surface area contributed by atoms with Crippen LogP contribution in [0, 0.1) is 0 Å². The molecule has 2 amide bonds. The van der Waals surface area contributed by atoms with Gasteiger partial charge >= 0.3 is 6.03 Å². The number of urea groups is 1. The molecule has 1 aliphatic heterocycles. The van der Waals surface area contributed by atoms with E-state index in [2.05, 4.69) is 10.6 Å². The summed E-state index contributed by atoms with van der Waals surface area (Å²) in [5, 5.41) is 5.27. The number of nitrogens with one attached hydrogen (secondary N) is 2. The van der Waals surface area contributed by atoms with E-state index in [1.165, 1.54) is 0 Å². The number of carbonyl (C=O) groups excluding carboxylic acids is 1. The number of hydrogen-bond acceptors (Lipinski definition) is 1. The molecule has 0 aliphatic carbocycles. The molecule has 0 atom stereocenters. The standard InChI is InChI=1S/C9H8N2O.ClH/c12-9-10-6-5-7-3-1-2-4-8(7)11-9;/h1-6H,(H2,10,11,12);1H. The molecule has 0 bridgehead atoms. The Morgan fingerprint density at radius 3 is 2.77 bits per heavy atom. The number of anilines is 1. The summed E-state index contributed by atoms with van der Waals surface area (Å²) in [6, 6.07) is 7.43. The van der Waals surface area contributed by atoms with Crippen LogP contribution in [0.3, 0.4) is 0 Å². The zero-order valence-corrected chi connectivity index (χ0v) is 7.60. The van der Waals surface area contributed by atoms with Gasteiger partial charge in [0.25, 0.3) is 0 Å². The highest BCUT2D eigenvalue weighted by Gasteiger charge is 2.05. The highest BCUT2D eigenvalue weighted by molar-refractivity contribution is 5.94. The van der Waals surface area contributed by atoms with E-state index in [0.29, 0.717) is 0 Å². The van der Waals surface area contributed by atoms with Gasteiger partial charge in [-0.3, -0.25) is 0 Å². The SMILES string of the molecule is Cl.O=C1NC=Cc2ccccc2N1. The van der Waals surface area contributed by atoms with Crippen molar-refractivity contribution in [3.63, 3.8) is 0 Å². The molecule has 4 heteroatoms. The summed E-state index contributed by atoms with van der Waals surface area (Å²) in [6.45, 7) is 0. The van der Waals surface area contributed by atoms with Crippen molar-refractivity contribution in [3.05, 3.63) is 36.0 Å². The fourth-order valence-electron chi connectivity index (χ4n) is 1.12. The first-order chi connectivity index (χ1) is 5.86.